The number of hydrogen-bond acceptors (Lipinski definition) is 1. The van der Waals surface area contributed by atoms with Crippen LogP contribution in [0.5, 0.6) is 5.75 Å². The molecule has 0 aromatic heterocycles. The first-order valence-electron chi connectivity index (χ1n) is 11.6. The molecular formula is C30H31FOP+. The molecule has 0 aliphatic carbocycles. The van der Waals surface area contributed by atoms with Crippen molar-refractivity contribution in [1.29, 1.82) is 0 Å². The number of benzene rings is 4. The Morgan fingerprint density at radius 2 is 1.15 bits per heavy atom. The van der Waals surface area contributed by atoms with Crippen molar-refractivity contribution in [1.82, 2.24) is 0 Å². The van der Waals surface area contributed by atoms with E-state index in [4.69, 9.17) is 4.74 Å². The van der Waals surface area contributed by atoms with Gasteiger partial charge in [-0.3, -0.25) is 0 Å². The number of rotatable bonds is 10. The van der Waals surface area contributed by atoms with Crippen LogP contribution < -0.4 is 20.7 Å². The summed E-state index contributed by atoms with van der Waals surface area (Å²) in [4.78, 5) is 0. The molecule has 0 saturated heterocycles. The van der Waals surface area contributed by atoms with Gasteiger partial charge in [0.25, 0.3) is 0 Å². The number of ether oxygens (including phenoxy) is 1. The van der Waals surface area contributed by atoms with E-state index in [9.17, 15) is 4.39 Å². The Bertz CT molecular complexity index is 1060. The quantitative estimate of drug-likeness (QED) is 0.252. The van der Waals surface area contributed by atoms with E-state index in [0.717, 1.165) is 19.0 Å². The van der Waals surface area contributed by atoms with E-state index in [-0.39, 0.29) is 0 Å². The molecule has 1 atom stereocenters. The molecule has 1 nitrogen and oxygen atoms in total. The molecule has 0 fully saturated rings. The van der Waals surface area contributed by atoms with Crippen molar-refractivity contribution in [2.75, 3.05) is 12.8 Å². The predicted octanol–water partition coefficient (Wildman–Crippen LogP) is 6.35. The highest BCUT2D eigenvalue weighted by atomic mass is 31.2. The molecule has 33 heavy (non-hydrogen) atoms. The number of alkyl halides is 1. The van der Waals surface area contributed by atoms with Gasteiger partial charge in [0, 0.05) is 0 Å². The monoisotopic (exact) mass is 457 g/mol. The van der Waals surface area contributed by atoms with Crippen LogP contribution in [0.1, 0.15) is 18.9 Å². The van der Waals surface area contributed by atoms with Crippen molar-refractivity contribution in [2.24, 2.45) is 0 Å². The third kappa shape index (κ3) is 5.52. The average Bonchev–Trinajstić information content (AvgIpc) is 2.89. The summed E-state index contributed by atoms with van der Waals surface area (Å²) >= 11 is 0. The Kier molecular flexibility index (Phi) is 7.92. The molecule has 0 spiro atoms. The first-order valence-corrected chi connectivity index (χ1v) is 13.6. The van der Waals surface area contributed by atoms with Crippen LogP contribution in [-0.2, 0) is 6.42 Å². The Morgan fingerprint density at radius 3 is 1.67 bits per heavy atom. The van der Waals surface area contributed by atoms with Crippen LogP contribution in [0.15, 0.2) is 115 Å². The topological polar surface area (TPSA) is 9.23 Å². The lowest BCUT2D eigenvalue weighted by Crippen LogP contribution is -2.33. The van der Waals surface area contributed by atoms with E-state index < -0.39 is 20.0 Å². The van der Waals surface area contributed by atoms with Crippen molar-refractivity contribution in [2.45, 2.75) is 25.9 Å². The summed E-state index contributed by atoms with van der Waals surface area (Å²) in [6, 6.07) is 41.0. The first kappa shape index (κ1) is 23.2. The summed E-state index contributed by atoms with van der Waals surface area (Å²) < 4.78 is 18.7. The van der Waals surface area contributed by atoms with Gasteiger partial charge >= 0.3 is 0 Å². The molecule has 0 saturated carbocycles. The summed E-state index contributed by atoms with van der Waals surface area (Å²) in [7, 11) is -1.88. The SMILES string of the molecule is CC(CF)Oc1ccc([P+](CCCc2ccccc2)(c2ccccc2)c2ccccc2)cc1. The molecule has 0 radical (unpaired) electrons. The van der Waals surface area contributed by atoms with Gasteiger partial charge in [0.2, 0.25) is 0 Å². The van der Waals surface area contributed by atoms with Gasteiger partial charge in [-0.05, 0) is 73.9 Å². The molecule has 1 unspecified atom stereocenters. The summed E-state index contributed by atoms with van der Waals surface area (Å²) in [5.74, 6) is 0.715. The lowest BCUT2D eigenvalue weighted by Gasteiger charge is -2.28. The van der Waals surface area contributed by atoms with Crippen LogP contribution in [-0.4, -0.2) is 18.9 Å². The van der Waals surface area contributed by atoms with Gasteiger partial charge < -0.3 is 4.74 Å². The van der Waals surface area contributed by atoms with E-state index in [1.807, 2.05) is 12.1 Å². The van der Waals surface area contributed by atoms with Crippen molar-refractivity contribution < 1.29 is 9.13 Å². The molecule has 4 aromatic rings. The van der Waals surface area contributed by atoms with Crippen LogP contribution in [0.2, 0.25) is 0 Å². The Labute approximate surface area is 197 Å². The normalized spacial score (nSPS) is 12.3. The average molecular weight is 458 g/mol. The fraction of sp³-hybridized carbons (Fsp3) is 0.200. The Hall–Kier alpha value is -2.96. The lowest BCUT2D eigenvalue weighted by atomic mass is 10.1. The van der Waals surface area contributed by atoms with Crippen LogP contribution in [0, 0.1) is 0 Å². The molecule has 0 N–H and O–H groups in total. The Morgan fingerprint density at radius 1 is 0.667 bits per heavy atom. The van der Waals surface area contributed by atoms with E-state index in [1.54, 1.807) is 6.92 Å². The zero-order valence-electron chi connectivity index (χ0n) is 19.1. The van der Waals surface area contributed by atoms with Gasteiger partial charge in [-0.15, -0.1) is 0 Å². The molecule has 0 heterocycles. The van der Waals surface area contributed by atoms with Crippen LogP contribution in [0.25, 0.3) is 0 Å². The van der Waals surface area contributed by atoms with Gasteiger partial charge in [0.1, 0.15) is 41.7 Å². The summed E-state index contributed by atoms with van der Waals surface area (Å²) in [6.07, 6.45) is 2.79. The number of halogens is 1. The standard InChI is InChI=1S/C30H31FOP/c1-25(24-31)32-27-19-21-30(22-20-27)33(28-15-7-3-8-16-28,29-17-9-4-10-18-29)23-11-14-26-12-5-2-6-13-26/h2-10,12-13,15-22,25H,11,14,23-24H2,1H3/q+1. The molecule has 0 bridgehead atoms. The lowest BCUT2D eigenvalue weighted by molar-refractivity contribution is 0.182. The molecule has 0 aliphatic heterocycles. The molecule has 4 rings (SSSR count). The molecule has 0 aliphatic rings. The molecule has 168 valence electrons. The minimum absolute atomic E-state index is 0.440. The van der Waals surface area contributed by atoms with Gasteiger partial charge in [-0.2, -0.15) is 0 Å². The number of hydrogen-bond donors (Lipinski definition) is 0. The molecule has 0 amide bonds. The second kappa shape index (κ2) is 11.3. The Balaban J connectivity index is 1.76. The molecular weight excluding hydrogens is 426 g/mol. The minimum atomic E-state index is -1.88. The van der Waals surface area contributed by atoms with Crippen molar-refractivity contribution >= 4 is 23.2 Å². The largest absolute Gasteiger partial charge is 0.488 e. The van der Waals surface area contributed by atoms with Crippen LogP contribution >= 0.6 is 7.26 Å². The summed E-state index contributed by atoms with van der Waals surface area (Å²) in [5, 5.41) is 4.10. The fourth-order valence-electron chi connectivity index (χ4n) is 4.41. The van der Waals surface area contributed by atoms with Crippen molar-refractivity contribution in [3.63, 3.8) is 0 Å². The zero-order valence-corrected chi connectivity index (χ0v) is 20.0. The smallest absolute Gasteiger partial charge is 0.126 e. The third-order valence-electron chi connectivity index (χ3n) is 6.03. The van der Waals surface area contributed by atoms with E-state index in [0.29, 0.717) is 5.75 Å². The van der Waals surface area contributed by atoms with Crippen LogP contribution in [0.4, 0.5) is 4.39 Å². The maximum absolute atomic E-state index is 12.9. The highest BCUT2D eigenvalue weighted by Gasteiger charge is 2.44. The van der Waals surface area contributed by atoms with Gasteiger partial charge in [0.15, 0.2) is 0 Å². The van der Waals surface area contributed by atoms with Crippen LogP contribution in [0.3, 0.4) is 0 Å². The summed E-state index contributed by atoms with van der Waals surface area (Å²) in [5.41, 5.74) is 1.38. The molecule has 3 heteroatoms. The van der Waals surface area contributed by atoms with E-state index >= 15 is 0 Å². The maximum atomic E-state index is 12.9. The first-order chi connectivity index (χ1) is 16.2. The van der Waals surface area contributed by atoms with Gasteiger partial charge in [-0.25, -0.2) is 4.39 Å². The van der Waals surface area contributed by atoms with E-state index in [2.05, 4.69) is 103 Å². The number of aryl methyl sites for hydroxylation is 1. The maximum Gasteiger partial charge on any atom is 0.126 e. The zero-order chi connectivity index (χ0) is 22.9. The highest BCUT2D eigenvalue weighted by Crippen LogP contribution is 2.56. The van der Waals surface area contributed by atoms with Gasteiger partial charge in [-0.1, -0.05) is 66.7 Å². The summed E-state index contributed by atoms with van der Waals surface area (Å²) in [6.45, 7) is 1.26. The highest BCUT2D eigenvalue weighted by molar-refractivity contribution is 7.95. The van der Waals surface area contributed by atoms with Gasteiger partial charge in [0.05, 0.1) is 6.16 Å². The predicted molar refractivity (Wildman–Crippen MR) is 141 cm³/mol. The molecule has 4 aromatic carbocycles. The minimum Gasteiger partial charge on any atom is -0.488 e. The van der Waals surface area contributed by atoms with Crippen molar-refractivity contribution in [3.8, 4) is 5.75 Å². The van der Waals surface area contributed by atoms with E-state index in [1.165, 1.54) is 21.5 Å². The second-order valence-electron chi connectivity index (χ2n) is 8.37. The second-order valence-corrected chi connectivity index (χ2v) is 12.0. The third-order valence-corrected chi connectivity index (χ3v) is 10.6. The van der Waals surface area contributed by atoms with Crippen molar-refractivity contribution in [3.05, 3.63) is 121 Å². The fourth-order valence-corrected chi connectivity index (χ4v) is 8.73.